The predicted molar refractivity (Wildman–Crippen MR) is 172 cm³/mol. The maximum absolute atomic E-state index is 13.6. The fourth-order valence-corrected chi connectivity index (χ4v) is 6.20. The zero-order chi connectivity index (χ0) is 31.0. The molecule has 9 nitrogen and oxygen atoms in total. The summed E-state index contributed by atoms with van der Waals surface area (Å²) in [6, 6.07) is 6.57. The van der Waals surface area contributed by atoms with Gasteiger partial charge in [-0.05, 0) is 73.7 Å². The van der Waals surface area contributed by atoms with E-state index in [9.17, 15) is 14.4 Å². The van der Waals surface area contributed by atoms with Crippen LogP contribution in [0.4, 0.5) is 4.79 Å². The summed E-state index contributed by atoms with van der Waals surface area (Å²) in [4.78, 5) is 41.7. The van der Waals surface area contributed by atoms with E-state index in [1.54, 1.807) is 0 Å². The van der Waals surface area contributed by atoms with E-state index in [0.29, 0.717) is 24.9 Å². The Kier molecular flexibility index (Phi) is 15.5. The minimum Gasteiger partial charge on any atom is -0.473 e. The average Bonchev–Trinajstić information content (AvgIpc) is 3.75. The second-order valence-corrected chi connectivity index (χ2v) is 12.6. The van der Waals surface area contributed by atoms with Crippen molar-refractivity contribution in [1.82, 2.24) is 14.7 Å². The molecule has 0 radical (unpaired) electrons. The minimum absolute atomic E-state index is 0.264. The molecule has 2 saturated heterocycles. The molecule has 0 saturated carbocycles. The third-order valence-corrected chi connectivity index (χ3v) is 9.08. The van der Waals surface area contributed by atoms with E-state index in [2.05, 4.69) is 35.8 Å². The molecule has 0 unspecified atom stereocenters. The zero-order valence-electron chi connectivity index (χ0n) is 26.6. The van der Waals surface area contributed by atoms with Crippen molar-refractivity contribution in [2.75, 3.05) is 52.3 Å². The summed E-state index contributed by atoms with van der Waals surface area (Å²) in [6.07, 6.45) is 14.7. The van der Waals surface area contributed by atoms with E-state index in [-0.39, 0.29) is 18.6 Å². The summed E-state index contributed by atoms with van der Waals surface area (Å²) in [5.41, 5.74) is 1.25. The van der Waals surface area contributed by atoms with Crippen LogP contribution < -0.4 is 9.47 Å². The molecule has 2 atom stereocenters. The number of ether oxygens (including phenoxy) is 2. The first kappa shape index (κ1) is 35.0. The number of rotatable bonds is 16. The SMILES string of the molecule is CCCCCCCCN(CCCC)C(=O)CN1C[C@H](c2ccc3c(c2)OCO3)C[C@@H]1CCN1CCCC1=O.CSC(=O)O. The molecule has 0 spiro atoms. The highest BCUT2D eigenvalue weighted by Crippen LogP contribution is 2.39. The Morgan fingerprint density at radius 1 is 1.02 bits per heavy atom. The quantitative estimate of drug-likeness (QED) is 0.207. The van der Waals surface area contributed by atoms with Gasteiger partial charge in [0.1, 0.15) is 0 Å². The third kappa shape index (κ3) is 11.5. The van der Waals surface area contributed by atoms with Crippen LogP contribution in [0.5, 0.6) is 11.5 Å². The summed E-state index contributed by atoms with van der Waals surface area (Å²) >= 11 is 0.796. The van der Waals surface area contributed by atoms with Crippen molar-refractivity contribution >= 4 is 28.9 Å². The van der Waals surface area contributed by atoms with Gasteiger partial charge in [-0.3, -0.25) is 14.5 Å². The van der Waals surface area contributed by atoms with E-state index < -0.39 is 5.30 Å². The van der Waals surface area contributed by atoms with Crippen LogP contribution in [0.15, 0.2) is 18.2 Å². The molecule has 3 aliphatic heterocycles. The van der Waals surface area contributed by atoms with Gasteiger partial charge in [0.15, 0.2) is 11.5 Å². The topological polar surface area (TPSA) is 99.6 Å². The molecule has 1 aromatic carbocycles. The Morgan fingerprint density at radius 3 is 2.42 bits per heavy atom. The molecule has 4 rings (SSSR count). The first-order valence-corrected chi connectivity index (χ1v) is 17.5. The van der Waals surface area contributed by atoms with Crippen LogP contribution in [0.3, 0.4) is 0 Å². The van der Waals surface area contributed by atoms with E-state index in [4.69, 9.17) is 14.6 Å². The number of hydrogen-bond acceptors (Lipinski definition) is 7. The van der Waals surface area contributed by atoms with E-state index in [1.165, 1.54) is 43.9 Å². The number of fused-ring (bicyclic) bond motifs is 1. The van der Waals surface area contributed by atoms with Gasteiger partial charge in [0.05, 0.1) is 6.54 Å². The molecule has 242 valence electrons. The highest BCUT2D eigenvalue weighted by atomic mass is 32.2. The summed E-state index contributed by atoms with van der Waals surface area (Å²) in [6.45, 7) is 9.45. The van der Waals surface area contributed by atoms with Crippen molar-refractivity contribution in [3.05, 3.63) is 23.8 Å². The molecule has 0 bridgehead atoms. The van der Waals surface area contributed by atoms with Gasteiger partial charge < -0.3 is 24.4 Å². The highest BCUT2D eigenvalue weighted by molar-refractivity contribution is 8.12. The lowest BCUT2D eigenvalue weighted by molar-refractivity contribution is -0.133. The maximum atomic E-state index is 13.6. The van der Waals surface area contributed by atoms with Crippen LogP contribution in [-0.4, -0.2) is 95.3 Å². The number of benzene rings is 1. The summed E-state index contributed by atoms with van der Waals surface area (Å²) in [5.74, 6) is 2.52. The molecular formula is C33H53N3O6S. The van der Waals surface area contributed by atoms with Crippen LogP contribution in [0.25, 0.3) is 0 Å². The lowest BCUT2D eigenvalue weighted by Gasteiger charge is -2.29. The van der Waals surface area contributed by atoms with Crippen molar-refractivity contribution in [2.24, 2.45) is 0 Å². The fourth-order valence-electron chi connectivity index (χ4n) is 6.20. The normalized spacial score (nSPS) is 19.4. The largest absolute Gasteiger partial charge is 0.473 e. The van der Waals surface area contributed by atoms with Crippen molar-refractivity contribution in [3.8, 4) is 11.5 Å². The Hall–Kier alpha value is -2.46. The second kappa shape index (κ2) is 19.0. The summed E-state index contributed by atoms with van der Waals surface area (Å²) < 4.78 is 11.2. The van der Waals surface area contributed by atoms with Crippen LogP contribution in [0.1, 0.15) is 102 Å². The number of unbranched alkanes of at least 4 members (excludes halogenated alkanes) is 6. The van der Waals surface area contributed by atoms with E-state index in [1.807, 2.05) is 11.0 Å². The molecule has 1 N–H and O–H groups in total. The first-order valence-electron chi connectivity index (χ1n) is 16.3. The number of likely N-dealkylation sites (tertiary alicyclic amines) is 2. The Labute approximate surface area is 262 Å². The van der Waals surface area contributed by atoms with Gasteiger partial charge in [-0.2, -0.15) is 0 Å². The maximum Gasteiger partial charge on any atom is 0.364 e. The van der Waals surface area contributed by atoms with Gasteiger partial charge in [0.25, 0.3) is 0 Å². The number of nitrogens with zero attached hydrogens (tertiary/aromatic N) is 3. The number of carbonyl (C=O) groups excluding carboxylic acids is 2. The number of amides is 2. The Morgan fingerprint density at radius 2 is 1.72 bits per heavy atom. The number of carboxylic acid groups (broad SMARTS) is 1. The van der Waals surface area contributed by atoms with Crippen molar-refractivity contribution in [3.63, 3.8) is 0 Å². The lowest BCUT2D eigenvalue weighted by atomic mass is 9.95. The number of thioether (sulfide) groups is 1. The van der Waals surface area contributed by atoms with Gasteiger partial charge in [-0.1, -0.05) is 58.4 Å². The summed E-state index contributed by atoms with van der Waals surface area (Å²) in [7, 11) is 0. The third-order valence-electron chi connectivity index (χ3n) is 8.73. The fraction of sp³-hybridized carbons (Fsp3) is 0.727. The van der Waals surface area contributed by atoms with E-state index >= 15 is 0 Å². The first-order chi connectivity index (χ1) is 20.9. The Bertz CT molecular complexity index is 1020. The molecule has 0 aliphatic carbocycles. The molecule has 1 aromatic rings. The second-order valence-electron chi connectivity index (χ2n) is 11.9. The van der Waals surface area contributed by atoms with Crippen molar-refractivity contribution in [1.29, 1.82) is 0 Å². The average molecular weight is 620 g/mol. The van der Waals surface area contributed by atoms with Gasteiger partial charge in [0.2, 0.25) is 18.6 Å². The van der Waals surface area contributed by atoms with Crippen LogP contribution in [0.2, 0.25) is 0 Å². The number of hydrogen-bond donors (Lipinski definition) is 1. The van der Waals surface area contributed by atoms with Gasteiger partial charge in [-0.15, -0.1) is 0 Å². The van der Waals surface area contributed by atoms with Gasteiger partial charge in [-0.25, -0.2) is 4.79 Å². The molecule has 2 amide bonds. The standard InChI is InChI=1S/C31H49N3O4.C2H4O2S/c1-3-5-7-8-9-10-17-32(16-6-4-2)31(36)23-34-22-26(25-13-14-28-29(21-25)38-24-37-28)20-27(34)15-19-33-18-11-12-30(33)35;1-5-2(3)4/h13-14,21,26-27H,3-12,15-20,22-24H2,1-2H3;1H3,(H,3,4)/t26-,27+;/m1./s1. The van der Waals surface area contributed by atoms with Gasteiger partial charge in [0, 0.05) is 45.2 Å². The zero-order valence-corrected chi connectivity index (χ0v) is 27.4. The lowest BCUT2D eigenvalue weighted by Crippen LogP contribution is -2.44. The summed E-state index contributed by atoms with van der Waals surface area (Å²) in [5, 5.41) is 6.86. The number of carbonyl (C=O) groups is 3. The molecule has 3 aliphatic rings. The van der Waals surface area contributed by atoms with Crippen molar-refractivity contribution < 1.29 is 29.0 Å². The van der Waals surface area contributed by atoms with Crippen LogP contribution in [0, 0.1) is 0 Å². The Balaban J connectivity index is 0.000000934. The minimum atomic E-state index is -0.829. The van der Waals surface area contributed by atoms with Crippen molar-refractivity contribution in [2.45, 2.75) is 103 Å². The molecule has 10 heteroatoms. The van der Waals surface area contributed by atoms with Crippen LogP contribution >= 0.6 is 11.8 Å². The molecule has 3 heterocycles. The van der Waals surface area contributed by atoms with Crippen LogP contribution in [-0.2, 0) is 9.59 Å². The molecule has 2 fully saturated rings. The smallest absolute Gasteiger partial charge is 0.364 e. The van der Waals surface area contributed by atoms with Gasteiger partial charge >= 0.3 is 5.30 Å². The van der Waals surface area contributed by atoms with E-state index in [0.717, 1.165) is 94.5 Å². The molecule has 43 heavy (non-hydrogen) atoms. The molecule has 0 aromatic heterocycles. The monoisotopic (exact) mass is 619 g/mol. The highest BCUT2D eigenvalue weighted by Gasteiger charge is 2.36. The molecular weight excluding hydrogens is 566 g/mol. The predicted octanol–water partition coefficient (Wildman–Crippen LogP) is 6.60.